The lowest BCUT2D eigenvalue weighted by Crippen LogP contribution is -2.51. The third kappa shape index (κ3) is 6.10. The van der Waals surface area contributed by atoms with Crippen LogP contribution in [0.3, 0.4) is 0 Å². The Morgan fingerprint density at radius 1 is 1.00 bits per heavy atom. The number of ether oxygens (including phenoxy) is 2. The highest BCUT2D eigenvalue weighted by atomic mass is 35.5. The summed E-state index contributed by atoms with van der Waals surface area (Å²) >= 11 is 6.19. The zero-order valence-electron chi connectivity index (χ0n) is 20.7. The van der Waals surface area contributed by atoms with Gasteiger partial charge in [-0.1, -0.05) is 23.7 Å². The van der Waals surface area contributed by atoms with Crippen LogP contribution >= 0.6 is 11.6 Å². The van der Waals surface area contributed by atoms with Crippen molar-refractivity contribution in [3.8, 4) is 11.5 Å². The normalized spacial score (nSPS) is 20.4. The molecule has 2 heterocycles. The Labute approximate surface area is 213 Å². The number of methoxy groups -OCH3 is 1. The summed E-state index contributed by atoms with van der Waals surface area (Å²) in [7, 11) is 1.58. The molecule has 0 spiro atoms. The van der Waals surface area contributed by atoms with Crippen molar-refractivity contribution in [1.82, 2.24) is 9.80 Å². The predicted molar refractivity (Wildman–Crippen MR) is 137 cm³/mol. The number of likely N-dealkylation sites (tertiary alicyclic amines) is 2. The molecular weight excluding hydrogens is 464 g/mol. The van der Waals surface area contributed by atoms with Crippen LogP contribution in [0.2, 0.25) is 5.02 Å². The molecule has 1 atom stereocenters. The van der Waals surface area contributed by atoms with Gasteiger partial charge in [-0.2, -0.15) is 0 Å². The Morgan fingerprint density at radius 2 is 1.74 bits per heavy atom. The number of hydrogen-bond acceptors (Lipinski definition) is 4. The molecule has 0 aliphatic carbocycles. The molecule has 0 N–H and O–H groups in total. The molecule has 35 heavy (non-hydrogen) atoms. The zero-order chi connectivity index (χ0) is 24.8. The minimum absolute atomic E-state index is 0.0701. The number of nitrogens with zero attached hydrogens (tertiary/aromatic N) is 2. The minimum Gasteiger partial charge on any atom is -0.496 e. The molecule has 2 amide bonds. The smallest absolute Gasteiger partial charge is 0.257 e. The van der Waals surface area contributed by atoms with Crippen molar-refractivity contribution in [2.75, 3.05) is 39.9 Å². The number of halogens is 1. The fraction of sp³-hybridized carbons (Fsp3) is 0.500. The first-order chi connectivity index (χ1) is 16.9. The highest BCUT2D eigenvalue weighted by Crippen LogP contribution is 2.37. The van der Waals surface area contributed by atoms with E-state index < -0.39 is 5.41 Å². The van der Waals surface area contributed by atoms with Crippen LogP contribution in [0.1, 0.15) is 54.4 Å². The third-order valence-corrected chi connectivity index (χ3v) is 7.62. The third-order valence-electron chi connectivity index (χ3n) is 7.20. The average molecular weight is 499 g/mol. The Morgan fingerprint density at radius 3 is 2.49 bits per heavy atom. The molecule has 2 aliphatic rings. The Hall–Kier alpha value is -2.73. The van der Waals surface area contributed by atoms with E-state index in [4.69, 9.17) is 21.1 Å². The van der Waals surface area contributed by atoms with Crippen molar-refractivity contribution in [2.45, 2.75) is 45.4 Å². The second-order valence-electron chi connectivity index (χ2n) is 9.85. The SMILES string of the molecule is COc1ccccc1C(=O)N1CCC[C@@](COc2ccc(Cl)c(C)c2)(CC(=O)N2CCCCC2)C1. The highest BCUT2D eigenvalue weighted by molar-refractivity contribution is 6.31. The highest BCUT2D eigenvalue weighted by Gasteiger charge is 2.41. The number of amides is 2. The predicted octanol–water partition coefficient (Wildman–Crippen LogP) is 5.36. The van der Waals surface area contributed by atoms with Gasteiger partial charge in [0, 0.05) is 43.0 Å². The molecule has 2 aliphatic heterocycles. The van der Waals surface area contributed by atoms with Crippen LogP contribution in [0.25, 0.3) is 0 Å². The van der Waals surface area contributed by atoms with E-state index in [0.29, 0.717) is 42.5 Å². The van der Waals surface area contributed by atoms with Crippen LogP contribution in [0.15, 0.2) is 42.5 Å². The number of rotatable bonds is 7. The van der Waals surface area contributed by atoms with E-state index in [-0.39, 0.29) is 11.8 Å². The molecule has 2 aromatic rings. The molecule has 4 rings (SSSR count). The van der Waals surface area contributed by atoms with Crippen molar-refractivity contribution >= 4 is 23.4 Å². The molecule has 6 nitrogen and oxygen atoms in total. The molecular formula is C28H35ClN2O4. The van der Waals surface area contributed by atoms with Gasteiger partial charge in [0.1, 0.15) is 11.5 Å². The minimum atomic E-state index is -0.460. The van der Waals surface area contributed by atoms with Crippen LogP contribution in [0.5, 0.6) is 11.5 Å². The van der Waals surface area contributed by atoms with Crippen molar-refractivity contribution in [1.29, 1.82) is 0 Å². The monoisotopic (exact) mass is 498 g/mol. The molecule has 0 radical (unpaired) electrons. The molecule has 0 saturated carbocycles. The Balaban J connectivity index is 1.56. The van der Waals surface area contributed by atoms with E-state index in [2.05, 4.69) is 0 Å². The second-order valence-corrected chi connectivity index (χ2v) is 10.3. The van der Waals surface area contributed by atoms with Crippen LogP contribution in [0, 0.1) is 12.3 Å². The van der Waals surface area contributed by atoms with Gasteiger partial charge in [-0.25, -0.2) is 0 Å². The standard InChI is InChI=1S/C28H35ClN2O4/c1-21-17-22(11-12-24(21)29)35-20-28(18-26(32)30-14-6-3-7-15-30)13-8-16-31(19-28)27(33)23-9-4-5-10-25(23)34-2/h4-5,9-12,17H,3,6-8,13-16,18-20H2,1-2H3/t28-/m1/s1. The average Bonchev–Trinajstić information content (AvgIpc) is 2.89. The van der Waals surface area contributed by atoms with Gasteiger partial charge in [-0.3, -0.25) is 9.59 Å². The quantitative estimate of drug-likeness (QED) is 0.515. The van der Waals surface area contributed by atoms with Crippen molar-refractivity contribution in [3.05, 3.63) is 58.6 Å². The van der Waals surface area contributed by atoms with E-state index in [0.717, 1.165) is 50.1 Å². The summed E-state index contributed by atoms with van der Waals surface area (Å²) in [5.74, 6) is 1.38. The van der Waals surface area contributed by atoms with Crippen LogP contribution in [-0.4, -0.2) is 61.5 Å². The lowest BCUT2D eigenvalue weighted by molar-refractivity contribution is -0.136. The maximum absolute atomic E-state index is 13.5. The fourth-order valence-corrected chi connectivity index (χ4v) is 5.32. The van der Waals surface area contributed by atoms with Gasteiger partial charge >= 0.3 is 0 Å². The molecule has 0 aromatic heterocycles. The van der Waals surface area contributed by atoms with Crippen molar-refractivity contribution in [2.24, 2.45) is 5.41 Å². The van der Waals surface area contributed by atoms with Crippen LogP contribution in [-0.2, 0) is 4.79 Å². The lowest BCUT2D eigenvalue weighted by atomic mass is 9.77. The van der Waals surface area contributed by atoms with Gasteiger partial charge in [0.15, 0.2) is 0 Å². The molecule has 2 aromatic carbocycles. The summed E-state index contributed by atoms with van der Waals surface area (Å²) in [4.78, 5) is 30.7. The molecule has 2 saturated heterocycles. The summed E-state index contributed by atoms with van der Waals surface area (Å²) in [6.07, 6.45) is 5.30. The van der Waals surface area contributed by atoms with Gasteiger partial charge < -0.3 is 19.3 Å². The number of para-hydroxylation sites is 1. The number of piperidine rings is 2. The van der Waals surface area contributed by atoms with Gasteiger partial charge in [-0.05, 0) is 74.9 Å². The summed E-state index contributed by atoms with van der Waals surface area (Å²) in [6, 6.07) is 12.9. The maximum atomic E-state index is 13.5. The largest absolute Gasteiger partial charge is 0.496 e. The van der Waals surface area contributed by atoms with E-state index in [9.17, 15) is 9.59 Å². The van der Waals surface area contributed by atoms with Crippen molar-refractivity contribution < 1.29 is 19.1 Å². The molecule has 2 fully saturated rings. The molecule has 7 heteroatoms. The topological polar surface area (TPSA) is 59.1 Å². The number of carbonyl (C=O) groups is 2. The first-order valence-corrected chi connectivity index (χ1v) is 12.9. The fourth-order valence-electron chi connectivity index (χ4n) is 5.21. The Bertz CT molecular complexity index is 1050. The summed E-state index contributed by atoms with van der Waals surface area (Å²) in [5, 5.41) is 0.693. The first-order valence-electron chi connectivity index (χ1n) is 12.5. The van der Waals surface area contributed by atoms with E-state index >= 15 is 0 Å². The summed E-state index contributed by atoms with van der Waals surface area (Å²) < 4.78 is 11.7. The number of hydrogen-bond donors (Lipinski definition) is 0. The lowest BCUT2D eigenvalue weighted by Gasteiger charge is -2.43. The van der Waals surface area contributed by atoms with Gasteiger partial charge in [0.05, 0.1) is 19.3 Å². The maximum Gasteiger partial charge on any atom is 0.257 e. The van der Waals surface area contributed by atoms with Crippen LogP contribution in [0.4, 0.5) is 0 Å². The molecule has 0 unspecified atom stereocenters. The number of aryl methyl sites for hydroxylation is 1. The Kier molecular flexibility index (Phi) is 8.22. The summed E-state index contributed by atoms with van der Waals surface area (Å²) in [6.45, 7) is 5.06. The molecule has 0 bridgehead atoms. The number of carbonyl (C=O) groups excluding carboxylic acids is 2. The first kappa shape index (κ1) is 25.4. The van der Waals surface area contributed by atoms with Gasteiger partial charge in [-0.15, -0.1) is 0 Å². The summed E-state index contributed by atoms with van der Waals surface area (Å²) in [5.41, 5.74) is 1.03. The van der Waals surface area contributed by atoms with Crippen molar-refractivity contribution in [3.63, 3.8) is 0 Å². The number of benzene rings is 2. The van der Waals surface area contributed by atoms with Gasteiger partial charge in [0.2, 0.25) is 5.91 Å². The van der Waals surface area contributed by atoms with E-state index in [1.165, 1.54) is 6.42 Å². The second kappa shape index (κ2) is 11.3. The zero-order valence-corrected chi connectivity index (χ0v) is 21.5. The van der Waals surface area contributed by atoms with Crippen LogP contribution < -0.4 is 9.47 Å². The van der Waals surface area contributed by atoms with E-state index in [1.807, 2.05) is 47.1 Å². The molecule has 188 valence electrons. The van der Waals surface area contributed by atoms with E-state index in [1.54, 1.807) is 19.2 Å². The van der Waals surface area contributed by atoms with Gasteiger partial charge in [0.25, 0.3) is 5.91 Å².